The van der Waals surface area contributed by atoms with Gasteiger partial charge in [-0.1, -0.05) is 60.2 Å². The number of carbonyl (C=O) groups excluding carboxylic acids is 1. The molecule has 1 saturated heterocycles. The molecule has 2 aromatic rings. The molecule has 26 heavy (non-hydrogen) atoms. The molecule has 3 heteroatoms. The molecule has 0 aromatic heterocycles. The van der Waals surface area contributed by atoms with Gasteiger partial charge in [0, 0.05) is 6.54 Å². The summed E-state index contributed by atoms with van der Waals surface area (Å²) in [5.41, 5.74) is 3.28. The van der Waals surface area contributed by atoms with Crippen LogP contribution in [0.5, 0.6) is 0 Å². The van der Waals surface area contributed by atoms with Crippen molar-refractivity contribution in [1.82, 2.24) is 10.2 Å². The molecule has 1 atom stereocenters. The maximum Gasteiger partial charge on any atom is 0.231 e. The minimum atomic E-state index is -0.315. The number of carbonyl (C=O) groups is 1. The highest BCUT2D eigenvalue weighted by Gasteiger charge is 2.51. The molecule has 1 aliphatic carbocycles. The fourth-order valence-electron chi connectivity index (χ4n) is 4.15. The molecule has 4 rings (SSSR count). The maximum atomic E-state index is 13.3. The number of benzene rings is 2. The van der Waals surface area contributed by atoms with Gasteiger partial charge in [0.15, 0.2) is 0 Å². The molecule has 0 radical (unpaired) electrons. The van der Waals surface area contributed by atoms with Gasteiger partial charge in [0.1, 0.15) is 0 Å². The van der Waals surface area contributed by atoms with Gasteiger partial charge in [-0.2, -0.15) is 0 Å². The second-order valence-electron chi connectivity index (χ2n) is 7.90. The first kappa shape index (κ1) is 17.3. The van der Waals surface area contributed by atoms with Gasteiger partial charge in [-0.15, -0.1) is 0 Å². The van der Waals surface area contributed by atoms with Gasteiger partial charge >= 0.3 is 0 Å². The summed E-state index contributed by atoms with van der Waals surface area (Å²) in [5, 5.41) is 3.40. The Morgan fingerprint density at radius 3 is 2.46 bits per heavy atom. The van der Waals surface area contributed by atoms with Crippen molar-refractivity contribution in [3.05, 3.63) is 71.3 Å². The SMILES string of the molecule is Cc1cccc(C2(C(=O)NC(CN3CCCC3)c3ccccc3)CC2)c1. The fraction of sp³-hybridized carbons (Fsp3) is 0.435. The molecule has 0 bridgehead atoms. The molecular weight excluding hydrogens is 320 g/mol. The van der Waals surface area contributed by atoms with Crippen LogP contribution >= 0.6 is 0 Å². The third-order valence-electron chi connectivity index (χ3n) is 5.90. The second-order valence-corrected chi connectivity index (χ2v) is 7.90. The van der Waals surface area contributed by atoms with E-state index in [4.69, 9.17) is 0 Å². The van der Waals surface area contributed by atoms with Crippen molar-refractivity contribution < 1.29 is 4.79 Å². The van der Waals surface area contributed by atoms with Crippen LogP contribution in [-0.4, -0.2) is 30.4 Å². The van der Waals surface area contributed by atoms with E-state index in [1.165, 1.54) is 29.5 Å². The zero-order chi connectivity index (χ0) is 18.0. The molecule has 1 heterocycles. The first-order chi connectivity index (χ1) is 12.7. The summed E-state index contributed by atoms with van der Waals surface area (Å²) < 4.78 is 0. The molecule has 2 aliphatic rings. The van der Waals surface area contributed by atoms with E-state index >= 15 is 0 Å². The minimum absolute atomic E-state index is 0.0593. The lowest BCUT2D eigenvalue weighted by Crippen LogP contribution is -2.41. The van der Waals surface area contributed by atoms with Crippen molar-refractivity contribution in [2.24, 2.45) is 0 Å². The molecule has 2 aromatic carbocycles. The molecule has 1 aliphatic heterocycles. The topological polar surface area (TPSA) is 32.3 Å². The standard InChI is InChI=1S/C23H28N2O/c1-18-8-7-11-20(16-18)23(12-13-23)22(26)24-21(17-25-14-5-6-15-25)19-9-3-2-4-10-19/h2-4,7-11,16,21H,5-6,12-15,17H2,1H3,(H,24,26). The summed E-state index contributed by atoms with van der Waals surface area (Å²) in [6.07, 6.45) is 4.44. The minimum Gasteiger partial charge on any atom is -0.347 e. The Labute approximate surface area is 156 Å². The number of amides is 1. The molecule has 3 nitrogen and oxygen atoms in total. The zero-order valence-electron chi connectivity index (χ0n) is 15.6. The van der Waals surface area contributed by atoms with E-state index in [0.29, 0.717) is 0 Å². The predicted molar refractivity (Wildman–Crippen MR) is 105 cm³/mol. The van der Waals surface area contributed by atoms with Crippen molar-refractivity contribution in [2.75, 3.05) is 19.6 Å². The number of likely N-dealkylation sites (tertiary alicyclic amines) is 1. The summed E-state index contributed by atoms with van der Waals surface area (Å²) in [5.74, 6) is 0.191. The quantitative estimate of drug-likeness (QED) is 0.856. The van der Waals surface area contributed by atoms with Crippen LogP contribution in [0.2, 0.25) is 0 Å². The highest BCUT2D eigenvalue weighted by Crippen LogP contribution is 2.49. The molecule has 1 unspecified atom stereocenters. The van der Waals surface area contributed by atoms with E-state index in [-0.39, 0.29) is 17.4 Å². The van der Waals surface area contributed by atoms with Crippen molar-refractivity contribution in [3.63, 3.8) is 0 Å². The molecule has 0 spiro atoms. The largest absolute Gasteiger partial charge is 0.347 e. The Bertz CT molecular complexity index is 761. The normalized spacial score (nSPS) is 19.9. The number of nitrogens with one attached hydrogen (secondary N) is 1. The number of aryl methyl sites for hydroxylation is 1. The summed E-state index contributed by atoms with van der Waals surface area (Å²) in [6, 6.07) is 18.9. The molecule has 1 amide bonds. The number of hydrogen-bond acceptors (Lipinski definition) is 2. The number of nitrogens with zero attached hydrogens (tertiary/aromatic N) is 1. The van der Waals surface area contributed by atoms with Crippen LogP contribution in [0.15, 0.2) is 54.6 Å². The first-order valence-corrected chi connectivity index (χ1v) is 9.83. The summed E-state index contributed by atoms with van der Waals surface area (Å²) in [7, 11) is 0. The summed E-state index contributed by atoms with van der Waals surface area (Å²) in [6.45, 7) is 5.28. The van der Waals surface area contributed by atoms with Crippen LogP contribution in [0.1, 0.15) is 48.4 Å². The highest BCUT2D eigenvalue weighted by atomic mass is 16.2. The maximum absolute atomic E-state index is 13.3. The van der Waals surface area contributed by atoms with Gasteiger partial charge in [0.05, 0.1) is 11.5 Å². The van der Waals surface area contributed by atoms with Crippen LogP contribution in [0.3, 0.4) is 0 Å². The lowest BCUT2D eigenvalue weighted by atomic mass is 9.93. The number of rotatable bonds is 6. The van der Waals surface area contributed by atoms with E-state index in [1.54, 1.807) is 0 Å². The highest BCUT2D eigenvalue weighted by molar-refractivity contribution is 5.91. The Kier molecular flexibility index (Phi) is 4.82. The molecule has 136 valence electrons. The summed E-state index contributed by atoms with van der Waals surface area (Å²) >= 11 is 0. The van der Waals surface area contributed by atoms with Gasteiger partial charge in [-0.25, -0.2) is 0 Å². The van der Waals surface area contributed by atoms with Crippen LogP contribution in [-0.2, 0) is 10.2 Å². The van der Waals surface area contributed by atoms with E-state index in [2.05, 4.69) is 65.7 Å². The van der Waals surface area contributed by atoms with E-state index < -0.39 is 0 Å². The smallest absolute Gasteiger partial charge is 0.231 e. The number of hydrogen-bond donors (Lipinski definition) is 1. The summed E-state index contributed by atoms with van der Waals surface area (Å²) in [4.78, 5) is 15.7. The lowest BCUT2D eigenvalue weighted by molar-refractivity contribution is -0.124. The monoisotopic (exact) mass is 348 g/mol. The zero-order valence-corrected chi connectivity index (χ0v) is 15.6. The van der Waals surface area contributed by atoms with Crippen molar-refractivity contribution in [1.29, 1.82) is 0 Å². The Morgan fingerprint density at radius 1 is 1.08 bits per heavy atom. The van der Waals surface area contributed by atoms with Gasteiger partial charge in [0.2, 0.25) is 5.91 Å². The van der Waals surface area contributed by atoms with E-state index in [1.807, 2.05) is 6.07 Å². The Hall–Kier alpha value is -2.13. The van der Waals surface area contributed by atoms with Crippen LogP contribution in [0.4, 0.5) is 0 Å². The third kappa shape index (κ3) is 3.54. The average molecular weight is 348 g/mol. The van der Waals surface area contributed by atoms with Gasteiger partial charge in [-0.05, 0) is 56.8 Å². The molecular formula is C23H28N2O. The van der Waals surface area contributed by atoms with Crippen LogP contribution in [0.25, 0.3) is 0 Å². The molecule has 1 saturated carbocycles. The predicted octanol–water partition coefficient (Wildman–Crippen LogP) is 3.98. The van der Waals surface area contributed by atoms with E-state index in [0.717, 1.165) is 32.5 Å². The Morgan fingerprint density at radius 2 is 1.81 bits per heavy atom. The third-order valence-corrected chi connectivity index (χ3v) is 5.90. The van der Waals surface area contributed by atoms with Gasteiger partial charge in [0.25, 0.3) is 0 Å². The first-order valence-electron chi connectivity index (χ1n) is 9.83. The van der Waals surface area contributed by atoms with Crippen molar-refractivity contribution in [3.8, 4) is 0 Å². The van der Waals surface area contributed by atoms with Crippen molar-refractivity contribution in [2.45, 2.75) is 44.1 Å². The van der Waals surface area contributed by atoms with Crippen LogP contribution < -0.4 is 5.32 Å². The molecule has 1 N–H and O–H groups in total. The second kappa shape index (κ2) is 7.24. The molecule has 2 fully saturated rings. The fourth-order valence-corrected chi connectivity index (χ4v) is 4.15. The van der Waals surface area contributed by atoms with Crippen LogP contribution in [0, 0.1) is 6.92 Å². The van der Waals surface area contributed by atoms with Gasteiger partial charge in [-0.3, -0.25) is 4.79 Å². The van der Waals surface area contributed by atoms with Gasteiger partial charge < -0.3 is 10.2 Å². The lowest BCUT2D eigenvalue weighted by Gasteiger charge is -2.27. The van der Waals surface area contributed by atoms with Crippen molar-refractivity contribution >= 4 is 5.91 Å². The van der Waals surface area contributed by atoms with E-state index in [9.17, 15) is 4.79 Å². The average Bonchev–Trinajstić information content (AvgIpc) is 3.33. The Balaban J connectivity index is 1.54.